The first-order valence-electron chi connectivity index (χ1n) is 11.3. The number of fused-ring (bicyclic) bond motifs is 1. The van der Waals surface area contributed by atoms with Crippen LogP contribution < -0.4 is 10.6 Å². The second-order valence-corrected chi connectivity index (χ2v) is 9.65. The van der Waals surface area contributed by atoms with Crippen molar-refractivity contribution in [1.82, 2.24) is 20.4 Å². The smallest absolute Gasteiger partial charge is 0.315 e. The van der Waals surface area contributed by atoms with Gasteiger partial charge in [-0.3, -0.25) is 19.7 Å². The van der Waals surface area contributed by atoms with Crippen molar-refractivity contribution in [3.05, 3.63) is 40.8 Å². The zero-order valence-corrected chi connectivity index (χ0v) is 17.7. The molecule has 2 aliphatic heterocycles. The van der Waals surface area contributed by atoms with Gasteiger partial charge in [0.25, 0.3) is 5.91 Å². The topological polar surface area (TPSA) is 117 Å². The summed E-state index contributed by atoms with van der Waals surface area (Å²) in [6.45, 7) is 0.833. The molecular formula is C23H25N5O4. The lowest BCUT2D eigenvalue weighted by Crippen LogP contribution is -2.52. The van der Waals surface area contributed by atoms with Crippen molar-refractivity contribution in [2.45, 2.75) is 70.0 Å². The van der Waals surface area contributed by atoms with E-state index in [0.29, 0.717) is 48.3 Å². The van der Waals surface area contributed by atoms with Crippen molar-refractivity contribution in [2.24, 2.45) is 5.41 Å². The molecule has 32 heavy (non-hydrogen) atoms. The van der Waals surface area contributed by atoms with E-state index in [1.54, 1.807) is 4.90 Å². The zero-order chi connectivity index (χ0) is 21.9. The van der Waals surface area contributed by atoms with Gasteiger partial charge < -0.3 is 14.6 Å². The van der Waals surface area contributed by atoms with Crippen LogP contribution in [-0.2, 0) is 22.7 Å². The molecule has 4 aliphatic rings. The number of nitrogens with zero attached hydrogens (tertiary/aromatic N) is 3. The highest BCUT2D eigenvalue weighted by molar-refractivity contribution is 6.05. The lowest BCUT2D eigenvalue weighted by molar-refractivity contribution is -0.136. The van der Waals surface area contributed by atoms with Crippen LogP contribution in [0.2, 0.25) is 0 Å². The highest BCUT2D eigenvalue weighted by Gasteiger charge is 2.50. The molecule has 1 spiro atoms. The van der Waals surface area contributed by atoms with Crippen molar-refractivity contribution >= 4 is 23.7 Å². The largest absolute Gasteiger partial charge is 0.408 e. The van der Waals surface area contributed by atoms with Gasteiger partial charge in [-0.15, -0.1) is 5.10 Å². The quantitative estimate of drug-likeness (QED) is 0.693. The first-order valence-corrected chi connectivity index (χ1v) is 11.3. The normalized spacial score (nSPS) is 24.2. The summed E-state index contributed by atoms with van der Waals surface area (Å²) in [6.07, 6.45) is 6.94. The Morgan fingerprint density at radius 3 is 2.78 bits per heavy atom. The number of hydrogen-bond acceptors (Lipinski definition) is 7. The number of imide groups is 1. The van der Waals surface area contributed by atoms with Crippen LogP contribution in [0.3, 0.4) is 0 Å². The molecule has 2 N–H and O–H groups in total. The third-order valence-electron chi connectivity index (χ3n) is 7.60. The molecule has 3 amide bonds. The number of rotatable bonds is 5. The van der Waals surface area contributed by atoms with Gasteiger partial charge >= 0.3 is 6.01 Å². The number of amides is 3. The van der Waals surface area contributed by atoms with E-state index in [1.165, 1.54) is 19.3 Å². The summed E-state index contributed by atoms with van der Waals surface area (Å²) in [5.74, 6) is 0.244. The third kappa shape index (κ3) is 3.18. The summed E-state index contributed by atoms with van der Waals surface area (Å²) in [4.78, 5) is 38.1. The lowest BCUT2D eigenvalue weighted by atomic mass is 9.52. The van der Waals surface area contributed by atoms with Crippen LogP contribution in [-0.4, -0.2) is 38.9 Å². The van der Waals surface area contributed by atoms with Crippen LogP contribution in [0.15, 0.2) is 22.6 Å². The van der Waals surface area contributed by atoms with Gasteiger partial charge in [-0.25, -0.2) is 0 Å². The minimum Gasteiger partial charge on any atom is -0.408 e. The SMILES string of the molecule is O=C1CCC(N2Cc3ccc(CNc4nnc(C5CC6(CCC6)C5)o4)cc3C2=O)C(=O)N1. The predicted octanol–water partition coefficient (Wildman–Crippen LogP) is 2.49. The molecular weight excluding hydrogens is 410 g/mol. The lowest BCUT2D eigenvalue weighted by Gasteiger charge is -2.53. The van der Waals surface area contributed by atoms with Crippen molar-refractivity contribution in [3.63, 3.8) is 0 Å². The van der Waals surface area contributed by atoms with E-state index in [1.807, 2.05) is 18.2 Å². The van der Waals surface area contributed by atoms with Gasteiger partial charge in [-0.1, -0.05) is 23.7 Å². The fraction of sp³-hybridized carbons (Fsp3) is 0.522. The number of benzene rings is 1. The van der Waals surface area contributed by atoms with Gasteiger partial charge in [0.05, 0.1) is 0 Å². The summed E-state index contributed by atoms with van der Waals surface area (Å²) >= 11 is 0. The number of carbonyl (C=O) groups excluding carboxylic acids is 3. The van der Waals surface area contributed by atoms with Crippen LogP contribution in [0, 0.1) is 5.41 Å². The van der Waals surface area contributed by atoms with Crippen LogP contribution >= 0.6 is 0 Å². The molecule has 1 saturated heterocycles. The number of carbonyl (C=O) groups is 3. The van der Waals surface area contributed by atoms with E-state index in [2.05, 4.69) is 20.8 Å². The van der Waals surface area contributed by atoms with Gasteiger partial charge in [-0.2, -0.15) is 0 Å². The molecule has 0 bridgehead atoms. The van der Waals surface area contributed by atoms with E-state index in [-0.39, 0.29) is 18.2 Å². The Hall–Kier alpha value is -3.23. The number of piperidine rings is 1. The standard InChI is InChI=1S/C23H25N5O4/c29-18-5-4-17(19(30)25-18)28-12-14-3-2-13(8-16(14)21(28)31)11-24-22-27-26-20(32-22)15-9-23(10-15)6-1-7-23/h2-3,8,15,17H,1,4-7,9-12H2,(H,24,27)(H,25,29,30). The maximum absolute atomic E-state index is 12.9. The van der Waals surface area contributed by atoms with Gasteiger partial charge in [0.15, 0.2) is 0 Å². The van der Waals surface area contributed by atoms with E-state index in [4.69, 9.17) is 4.42 Å². The average molecular weight is 435 g/mol. The zero-order valence-electron chi connectivity index (χ0n) is 17.7. The Morgan fingerprint density at radius 2 is 2.03 bits per heavy atom. The molecule has 2 aromatic rings. The highest BCUT2D eigenvalue weighted by Crippen LogP contribution is 2.61. The molecule has 2 saturated carbocycles. The third-order valence-corrected chi connectivity index (χ3v) is 7.60. The van der Waals surface area contributed by atoms with E-state index < -0.39 is 11.9 Å². The Labute approximate surface area is 184 Å². The van der Waals surface area contributed by atoms with Gasteiger partial charge in [-0.05, 0) is 54.7 Å². The molecule has 9 nitrogen and oxygen atoms in total. The van der Waals surface area contributed by atoms with Gasteiger partial charge in [0, 0.05) is 31.0 Å². The molecule has 3 heterocycles. The fourth-order valence-corrected chi connectivity index (χ4v) is 5.61. The minimum absolute atomic E-state index is 0.175. The minimum atomic E-state index is -0.600. The number of hydrogen-bond donors (Lipinski definition) is 2. The Bertz CT molecular complexity index is 1110. The van der Waals surface area contributed by atoms with Gasteiger partial charge in [0.1, 0.15) is 6.04 Å². The van der Waals surface area contributed by atoms with Crippen LogP contribution in [0.4, 0.5) is 6.01 Å². The molecule has 6 rings (SSSR count). The molecule has 2 aliphatic carbocycles. The summed E-state index contributed by atoms with van der Waals surface area (Å²) in [5.41, 5.74) is 2.96. The first kappa shape index (κ1) is 19.5. The monoisotopic (exact) mass is 435 g/mol. The van der Waals surface area contributed by atoms with Crippen LogP contribution in [0.25, 0.3) is 0 Å². The van der Waals surface area contributed by atoms with Gasteiger partial charge in [0.2, 0.25) is 17.7 Å². The van der Waals surface area contributed by atoms with E-state index in [0.717, 1.165) is 24.0 Å². The van der Waals surface area contributed by atoms with E-state index in [9.17, 15) is 14.4 Å². The molecule has 0 radical (unpaired) electrons. The molecule has 166 valence electrons. The number of aromatic nitrogens is 2. The van der Waals surface area contributed by atoms with Crippen molar-refractivity contribution in [1.29, 1.82) is 0 Å². The second kappa shape index (κ2) is 7.15. The first-order chi connectivity index (χ1) is 15.5. The average Bonchev–Trinajstić information content (AvgIpc) is 3.29. The van der Waals surface area contributed by atoms with Crippen molar-refractivity contribution in [2.75, 3.05) is 5.32 Å². The Kier molecular flexibility index (Phi) is 4.34. The molecule has 1 aromatic carbocycles. The summed E-state index contributed by atoms with van der Waals surface area (Å²) in [7, 11) is 0. The van der Waals surface area contributed by atoms with Crippen LogP contribution in [0.5, 0.6) is 0 Å². The molecule has 1 unspecified atom stereocenters. The van der Waals surface area contributed by atoms with Crippen molar-refractivity contribution in [3.8, 4) is 0 Å². The number of anilines is 1. The summed E-state index contributed by atoms with van der Waals surface area (Å²) in [5, 5.41) is 13.8. The molecule has 1 aromatic heterocycles. The van der Waals surface area contributed by atoms with Crippen molar-refractivity contribution < 1.29 is 18.8 Å². The predicted molar refractivity (Wildman–Crippen MR) is 112 cm³/mol. The maximum Gasteiger partial charge on any atom is 0.315 e. The summed E-state index contributed by atoms with van der Waals surface area (Å²) in [6, 6.07) is 5.52. The Balaban J connectivity index is 1.09. The molecule has 1 atom stereocenters. The highest BCUT2D eigenvalue weighted by atomic mass is 16.4. The summed E-state index contributed by atoms with van der Waals surface area (Å²) < 4.78 is 5.82. The van der Waals surface area contributed by atoms with E-state index >= 15 is 0 Å². The number of nitrogens with one attached hydrogen (secondary N) is 2. The molecule has 9 heteroatoms. The van der Waals surface area contributed by atoms with Crippen LogP contribution in [0.1, 0.15) is 78.2 Å². The Morgan fingerprint density at radius 1 is 1.19 bits per heavy atom. The fourth-order valence-electron chi connectivity index (χ4n) is 5.61. The maximum atomic E-state index is 12.9. The molecule has 3 fully saturated rings. The second-order valence-electron chi connectivity index (χ2n) is 9.65.